The number of benzene rings is 1. The molecule has 66 valence electrons. The quantitative estimate of drug-likeness (QED) is 0.595. The van der Waals surface area contributed by atoms with E-state index in [0.717, 1.165) is 5.56 Å². The molecule has 0 aliphatic carbocycles. The lowest BCUT2D eigenvalue weighted by molar-refractivity contribution is 0.411. The van der Waals surface area contributed by atoms with Gasteiger partial charge in [0.15, 0.2) is 0 Å². The molecule has 12 heavy (non-hydrogen) atoms. The lowest BCUT2D eigenvalue weighted by Crippen LogP contribution is -2.08. The number of rotatable bonds is 1. The predicted molar refractivity (Wildman–Crippen MR) is 54.3 cm³/mol. The normalized spacial score (nSPS) is 15.3. The summed E-state index contributed by atoms with van der Waals surface area (Å²) >= 11 is 0. The standard InChI is InChI=1S/C12H18/c1-10-5-7-11(8-6-10)9-12(2,3)4/h5-8H,9H2,1-4H3/i9D2. The van der Waals surface area contributed by atoms with Crippen LogP contribution < -0.4 is 0 Å². The summed E-state index contributed by atoms with van der Waals surface area (Å²) in [5.74, 6) is 0. The van der Waals surface area contributed by atoms with Gasteiger partial charge in [-0.2, -0.15) is 0 Å². The Labute approximate surface area is 78.4 Å². The summed E-state index contributed by atoms with van der Waals surface area (Å²) in [6, 6.07) is 7.67. The van der Waals surface area contributed by atoms with E-state index in [0.29, 0.717) is 0 Å². The van der Waals surface area contributed by atoms with Crippen LogP contribution in [-0.4, -0.2) is 0 Å². The number of hydrogen-bond donors (Lipinski definition) is 0. The van der Waals surface area contributed by atoms with Crippen LogP contribution in [-0.2, 0) is 6.37 Å². The van der Waals surface area contributed by atoms with E-state index in [-0.39, 0.29) is 5.41 Å². The SMILES string of the molecule is [2H]C([2H])(c1ccc(C)cc1)C(C)(C)C. The molecule has 1 aromatic rings. The average molecular weight is 164 g/mol. The highest BCUT2D eigenvalue weighted by Crippen LogP contribution is 2.20. The van der Waals surface area contributed by atoms with E-state index >= 15 is 0 Å². The molecule has 0 bridgehead atoms. The third kappa shape index (κ3) is 3.08. The molecule has 0 saturated carbocycles. The summed E-state index contributed by atoms with van der Waals surface area (Å²) in [5, 5.41) is 0. The molecule has 0 heterocycles. The summed E-state index contributed by atoms with van der Waals surface area (Å²) < 4.78 is 16.1. The van der Waals surface area contributed by atoms with Crippen molar-refractivity contribution in [3.8, 4) is 0 Å². The molecule has 0 radical (unpaired) electrons. The average Bonchev–Trinajstić information content (AvgIpc) is 2.03. The molecule has 0 unspecified atom stereocenters. The van der Waals surface area contributed by atoms with Crippen molar-refractivity contribution in [2.45, 2.75) is 34.1 Å². The molecule has 0 N–H and O–H groups in total. The Bertz CT molecular complexity index is 304. The Hall–Kier alpha value is -0.780. The number of hydrogen-bond acceptors (Lipinski definition) is 0. The molecule has 0 fully saturated rings. The summed E-state index contributed by atoms with van der Waals surface area (Å²) in [6.45, 7) is 7.78. The maximum Gasteiger partial charge on any atom is 0.0321 e. The molecule has 0 saturated heterocycles. The van der Waals surface area contributed by atoms with E-state index in [4.69, 9.17) is 2.74 Å². The van der Waals surface area contributed by atoms with Crippen LogP contribution >= 0.6 is 0 Å². The smallest absolute Gasteiger partial charge is 0.0321 e. The second kappa shape index (κ2) is 3.30. The number of aryl methyl sites for hydroxylation is 1. The van der Waals surface area contributed by atoms with Gasteiger partial charge < -0.3 is 0 Å². The lowest BCUT2D eigenvalue weighted by atomic mass is 9.88. The van der Waals surface area contributed by atoms with E-state index in [9.17, 15) is 0 Å². The third-order valence-corrected chi connectivity index (χ3v) is 1.57. The predicted octanol–water partition coefficient (Wildman–Crippen LogP) is 3.58. The van der Waals surface area contributed by atoms with Gasteiger partial charge in [-0.15, -0.1) is 0 Å². The fourth-order valence-electron chi connectivity index (χ4n) is 1.07. The second-order valence-corrected chi connectivity index (χ2v) is 4.24. The van der Waals surface area contributed by atoms with Gasteiger partial charge in [-0.25, -0.2) is 0 Å². The molecule has 0 aromatic heterocycles. The highest BCUT2D eigenvalue weighted by molar-refractivity contribution is 5.21. The zero-order chi connectivity index (χ0) is 11.0. The molecule has 0 aliphatic heterocycles. The van der Waals surface area contributed by atoms with Crippen molar-refractivity contribution in [3.05, 3.63) is 35.4 Å². The molecule has 0 heteroatoms. The maximum atomic E-state index is 8.06. The van der Waals surface area contributed by atoms with Gasteiger partial charge in [0.1, 0.15) is 0 Å². The fourth-order valence-corrected chi connectivity index (χ4v) is 1.07. The monoisotopic (exact) mass is 164 g/mol. The van der Waals surface area contributed by atoms with Gasteiger partial charge >= 0.3 is 0 Å². The van der Waals surface area contributed by atoms with Crippen molar-refractivity contribution in [2.75, 3.05) is 0 Å². The minimum atomic E-state index is -1.28. The van der Waals surface area contributed by atoms with Crippen LogP contribution in [0.4, 0.5) is 0 Å². The molecule has 0 nitrogen and oxygen atoms in total. The van der Waals surface area contributed by atoms with Crippen molar-refractivity contribution in [1.29, 1.82) is 0 Å². The van der Waals surface area contributed by atoms with Crippen LogP contribution in [0.15, 0.2) is 24.3 Å². The first-order valence-corrected chi connectivity index (χ1v) is 4.32. The largest absolute Gasteiger partial charge is 0.0599 e. The van der Waals surface area contributed by atoms with Crippen LogP contribution in [0.5, 0.6) is 0 Å². The second-order valence-electron chi connectivity index (χ2n) is 4.24. The van der Waals surface area contributed by atoms with Gasteiger partial charge in [0, 0.05) is 2.74 Å². The molecule has 0 amide bonds. The maximum absolute atomic E-state index is 8.06. The summed E-state index contributed by atoms with van der Waals surface area (Å²) in [6.07, 6.45) is -1.28. The summed E-state index contributed by atoms with van der Waals surface area (Å²) in [4.78, 5) is 0. The van der Waals surface area contributed by atoms with E-state index in [1.54, 1.807) is 0 Å². The summed E-state index contributed by atoms with van der Waals surface area (Å²) in [5.41, 5.74) is 1.55. The highest BCUT2D eigenvalue weighted by Gasteiger charge is 2.10. The van der Waals surface area contributed by atoms with Crippen molar-refractivity contribution in [3.63, 3.8) is 0 Å². The lowest BCUT2D eigenvalue weighted by Gasteiger charge is -2.17. The van der Waals surface area contributed by atoms with Crippen molar-refractivity contribution >= 4 is 0 Å². The van der Waals surface area contributed by atoms with E-state index in [1.807, 2.05) is 52.0 Å². The van der Waals surface area contributed by atoms with Crippen molar-refractivity contribution in [1.82, 2.24) is 0 Å². The molecule has 1 aromatic carbocycles. The van der Waals surface area contributed by atoms with Gasteiger partial charge in [0.2, 0.25) is 0 Å². The van der Waals surface area contributed by atoms with Gasteiger partial charge in [0.05, 0.1) is 0 Å². The Morgan fingerprint density at radius 3 is 2.08 bits per heavy atom. The van der Waals surface area contributed by atoms with E-state index in [2.05, 4.69) is 0 Å². The van der Waals surface area contributed by atoms with Gasteiger partial charge in [-0.3, -0.25) is 0 Å². The first kappa shape index (κ1) is 6.71. The Kier molecular flexibility index (Phi) is 1.85. The van der Waals surface area contributed by atoms with Crippen molar-refractivity contribution < 1.29 is 2.74 Å². The molecular formula is C12H18. The zero-order valence-corrected chi connectivity index (χ0v) is 8.31. The van der Waals surface area contributed by atoms with Crippen LogP contribution in [0.25, 0.3) is 0 Å². The topological polar surface area (TPSA) is 0 Å². The Morgan fingerprint density at radius 1 is 1.17 bits per heavy atom. The fraction of sp³-hybridized carbons (Fsp3) is 0.500. The first-order chi connectivity index (χ1) is 6.25. The third-order valence-electron chi connectivity index (χ3n) is 1.57. The van der Waals surface area contributed by atoms with Crippen LogP contribution in [0, 0.1) is 12.3 Å². The Morgan fingerprint density at radius 2 is 1.67 bits per heavy atom. The van der Waals surface area contributed by atoms with Gasteiger partial charge in [-0.05, 0) is 24.3 Å². The summed E-state index contributed by atoms with van der Waals surface area (Å²) in [7, 11) is 0. The highest BCUT2D eigenvalue weighted by atomic mass is 14.1. The molecule has 0 aliphatic rings. The van der Waals surface area contributed by atoms with Crippen molar-refractivity contribution in [2.24, 2.45) is 5.41 Å². The van der Waals surface area contributed by atoms with Crippen LogP contribution in [0.1, 0.15) is 34.6 Å². The van der Waals surface area contributed by atoms with Gasteiger partial charge in [-0.1, -0.05) is 50.6 Å². The molecule has 0 spiro atoms. The van der Waals surface area contributed by atoms with E-state index in [1.165, 1.54) is 5.56 Å². The minimum absolute atomic E-state index is 0.373. The van der Waals surface area contributed by atoms with Crippen LogP contribution in [0.2, 0.25) is 0 Å². The first-order valence-electron chi connectivity index (χ1n) is 5.32. The van der Waals surface area contributed by atoms with E-state index < -0.39 is 6.37 Å². The molecule has 1 rings (SSSR count). The van der Waals surface area contributed by atoms with Crippen LogP contribution in [0.3, 0.4) is 0 Å². The molecular weight excluding hydrogens is 144 g/mol. The molecule has 0 atom stereocenters. The minimum Gasteiger partial charge on any atom is -0.0599 e. The van der Waals surface area contributed by atoms with Gasteiger partial charge in [0.25, 0.3) is 0 Å². The Balaban J connectivity index is 3.10. The zero-order valence-electron chi connectivity index (χ0n) is 10.3.